The van der Waals surface area contributed by atoms with Crippen LogP contribution in [0, 0.1) is 0 Å². The topological polar surface area (TPSA) is 58.6 Å². The fourth-order valence-corrected chi connectivity index (χ4v) is 2.14. The maximum absolute atomic E-state index is 11.8. The summed E-state index contributed by atoms with van der Waals surface area (Å²) < 4.78 is 5.09. The van der Waals surface area contributed by atoms with Crippen molar-refractivity contribution in [2.45, 2.75) is 31.9 Å². The second-order valence-corrected chi connectivity index (χ2v) is 5.00. The molecule has 0 aromatic heterocycles. The molecule has 4 heteroatoms. The minimum Gasteiger partial charge on any atom is -0.497 e. The Kier molecular flexibility index (Phi) is 2.83. The van der Waals surface area contributed by atoms with Crippen molar-refractivity contribution in [3.8, 4) is 5.75 Å². The Morgan fingerprint density at radius 1 is 1.47 bits per heavy atom. The van der Waals surface area contributed by atoms with Crippen molar-refractivity contribution < 1.29 is 14.6 Å². The molecule has 1 heterocycles. The van der Waals surface area contributed by atoms with Gasteiger partial charge in [-0.05, 0) is 31.5 Å². The highest BCUT2D eigenvalue weighted by molar-refractivity contribution is 5.99. The Morgan fingerprint density at radius 2 is 2.18 bits per heavy atom. The molecule has 17 heavy (non-hydrogen) atoms. The van der Waals surface area contributed by atoms with Crippen molar-refractivity contribution in [2.24, 2.45) is 0 Å². The number of carbonyl (C=O) groups excluding carboxylic acids is 1. The normalized spacial score (nSPS) is 18.8. The smallest absolute Gasteiger partial charge is 0.252 e. The number of benzene rings is 1. The lowest BCUT2D eigenvalue weighted by molar-refractivity contribution is 0.0591. The Labute approximate surface area is 101 Å². The average Bonchev–Trinajstić information content (AvgIpc) is 2.53. The molecule has 0 aliphatic carbocycles. The molecule has 4 nitrogen and oxygen atoms in total. The molecule has 0 saturated carbocycles. The van der Waals surface area contributed by atoms with Gasteiger partial charge in [-0.3, -0.25) is 4.79 Å². The number of hydrogen-bond acceptors (Lipinski definition) is 3. The molecular formula is C13H17NO3. The lowest BCUT2D eigenvalue weighted by atomic mass is 9.94. The first-order valence-corrected chi connectivity index (χ1v) is 5.62. The molecule has 1 unspecified atom stereocenters. The third-order valence-electron chi connectivity index (χ3n) is 2.89. The molecule has 1 amide bonds. The van der Waals surface area contributed by atoms with Crippen molar-refractivity contribution in [2.75, 3.05) is 7.11 Å². The van der Waals surface area contributed by atoms with E-state index < -0.39 is 5.60 Å². The molecule has 2 rings (SSSR count). The average molecular weight is 235 g/mol. The second-order valence-electron chi connectivity index (χ2n) is 5.00. The maximum Gasteiger partial charge on any atom is 0.252 e. The monoisotopic (exact) mass is 235 g/mol. The van der Waals surface area contributed by atoms with Crippen molar-refractivity contribution in [3.05, 3.63) is 29.3 Å². The van der Waals surface area contributed by atoms with E-state index in [4.69, 9.17) is 4.74 Å². The van der Waals surface area contributed by atoms with Gasteiger partial charge in [0.05, 0.1) is 18.8 Å². The van der Waals surface area contributed by atoms with E-state index in [9.17, 15) is 9.90 Å². The van der Waals surface area contributed by atoms with E-state index in [1.165, 1.54) is 0 Å². The maximum atomic E-state index is 11.8. The predicted molar refractivity (Wildman–Crippen MR) is 64.1 cm³/mol. The SMILES string of the molecule is COc1ccc2c(c1)C(=O)NC2CC(C)(C)O. The molecule has 0 radical (unpaired) electrons. The molecule has 0 fully saturated rings. The van der Waals surface area contributed by atoms with Crippen LogP contribution >= 0.6 is 0 Å². The highest BCUT2D eigenvalue weighted by Crippen LogP contribution is 2.33. The third kappa shape index (κ3) is 2.42. The number of fused-ring (bicyclic) bond motifs is 1. The van der Waals surface area contributed by atoms with Crippen LogP contribution in [0.3, 0.4) is 0 Å². The number of methoxy groups -OCH3 is 1. The zero-order valence-electron chi connectivity index (χ0n) is 10.3. The summed E-state index contributed by atoms with van der Waals surface area (Å²) in [5.41, 5.74) is 0.760. The van der Waals surface area contributed by atoms with Crippen molar-refractivity contribution >= 4 is 5.91 Å². The summed E-state index contributed by atoms with van der Waals surface area (Å²) >= 11 is 0. The largest absolute Gasteiger partial charge is 0.497 e. The van der Waals surface area contributed by atoms with Gasteiger partial charge in [-0.1, -0.05) is 6.07 Å². The van der Waals surface area contributed by atoms with Gasteiger partial charge < -0.3 is 15.2 Å². The first-order valence-electron chi connectivity index (χ1n) is 5.62. The number of rotatable bonds is 3. The van der Waals surface area contributed by atoms with Gasteiger partial charge in [0.2, 0.25) is 0 Å². The number of aliphatic hydroxyl groups is 1. The Bertz CT molecular complexity index is 448. The van der Waals surface area contributed by atoms with Gasteiger partial charge >= 0.3 is 0 Å². The standard InChI is InChI=1S/C13H17NO3/c1-13(2,16)7-11-9-5-4-8(17-3)6-10(9)12(15)14-11/h4-6,11,16H,7H2,1-3H3,(H,14,15). The number of nitrogens with one attached hydrogen (secondary N) is 1. The predicted octanol–water partition coefficient (Wildman–Crippen LogP) is 1.64. The van der Waals surface area contributed by atoms with Gasteiger partial charge in [0, 0.05) is 12.0 Å². The molecule has 1 aliphatic heterocycles. The minimum absolute atomic E-state index is 0.104. The second kappa shape index (κ2) is 4.04. The lowest BCUT2D eigenvalue weighted by Gasteiger charge is -2.22. The fourth-order valence-electron chi connectivity index (χ4n) is 2.14. The van der Waals surface area contributed by atoms with Crippen molar-refractivity contribution in [3.63, 3.8) is 0 Å². The summed E-state index contributed by atoms with van der Waals surface area (Å²) in [6, 6.07) is 5.32. The van der Waals surface area contributed by atoms with E-state index in [-0.39, 0.29) is 11.9 Å². The van der Waals surface area contributed by atoms with E-state index in [1.54, 1.807) is 27.0 Å². The van der Waals surface area contributed by atoms with Gasteiger partial charge in [0.15, 0.2) is 0 Å². The number of carbonyl (C=O) groups is 1. The number of amides is 1. The fraction of sp³-hybridized carbons (Fsp3) is 0.462. The van der Waals surface area contributed by atoms with Crippen LogP contribution in [-0.4, -0.2) is 23.7 Å². The van der Waals surface area contributed by atoms with Gasteiger partial charge in [-0.2, -0.15) is 0 Å². The van der Waals surface area contributed by atoms with Crippen LogP contribution in [0.15, 0.2) is 18.2 Å². The van der Waals surface area contributed by atoms with E-state index in [0.29, 0.717) is 17.7 Å². The van der Waals surface area contributed by atoms with Crippen LogP contribution in [0.25, 0.3) is 0 Å². The van der Waals surface area contributed by atoms with Crippen molar-refractivity contribution in [1.29, 1.82) is 0 Å². The molecule has 1 aromatic rings. The molecule has 0 bridgehead atoms. The van der Waals surface area contributed by atoms with Crippen LogP contribution < -0.4 is 10.1 Å². The third-order valence-corrected chi connectivity index (χ3v) is 2.89. The molecule has 1 aromatic carbocycles. The van der Waals surface area contributed by atoms with E-state index in [1.807, 2.05) is 12.1 Å². The van der Waals surface area contributed by atoms with Crippen LogP contribution in [-0.2, 0) is 0 Å². The van der Waals surface area contributed by atoms with E-state index in [2.05, 4.69) is 5.32 Å². The van der Waals surface area contributed by atoms with Crippen LogP contribution in [0.1, 0.15) is 42.2 Å². The van der Waals surface area contributed by atoms with Gasteiger partial charge in [0.25, 0.3) is 5.91 Å². The van der Waals surface area contributed by atoms with E-state index in [0.717, 1.165) is 5.56 Å². The number of ether oxygens (including phenoxy) is 1. The molecule has 0 saturated heterocycles. The Morgan fingerprint density at radius 3 is 2.76 bits per heavy atom. The summed E-state index contributed by atoms with van der Waals surface area (Å²) in [7, 11) is 1.57. The molecule has 2 N–H and O–H groups in total. The lowest BCUT2D eigenvalue weighted by Crippen LogP contribution is -2.28. The first-order chi connectivity index (χ1) is 7.90. The van der Waals surface area contributed by atoms with Crippen LogP contribution in [0.2, 0.25) is 0 Å². The summed E-state index contributed by atoms with van der Waals surface area (Å²) in [6.45, 7) is 3.47. The molecule has 1 aliphatic rings. The Hall–Kier alpha value is -1.55. The van der Waals surface area contributed by atoms with Gasteiger partial charge in [-0.25, -0.2) is 0 Å². The van der Waals surface area contributed by atoms with Gasteiger partial charge in [0.1, 0.15) is 5.75 Å². The molecule has 1 atom stereocenters. The van der Waals surface area contributed by atoms with Gasteiger partial charge in [-0.15, -0.1) is 0 Å². The number of hydrogen-bond donors (Lipinski definition) is 2. The summed E-state index contributed by atoms with van der Waals surface area (Å²) in [6.07, 6.45) is 0.498. The minimum atomic E-state index is -0.806. The summed E-state index contributed by atoms with van der Waals surface area (Å²) in [4.78, 5) is 11.8. The quantitative estimate of drug-likeness (QED) is 0.837. The Balaban J connectivity index is 2.32. The summed E-state index contributed by atoms with van der Waals surface area (Å²) in [5, 5.41) is 12.7. The zero-order valence-corrected chi connectivity index (χ0v) is 10.3. The van der Waals surface area contributed by atoms with Crippen LogP contribution in [0.4, 0.5) is 0 Å². The molecule has 92 valence electrons. The first kappa shape index (κ1) is 11.9. The highest BCUT2D eigenvalue weighted by atomic mass is 16.5. The zero-order chi connectivity index (χ0) is 12.6. The van der Waals surface area contributed by atoms with Crippen LogP contribution in [0.5, 0.6) is 5.75 Å². The highest BCUT2D eigenvalue weighted by Gasteiger charge is 2.32. The van der Waals surface area contributed by atoms with Crippen molar-refractivity contribution in [1.82, 2.24) is 5.32 Å². The molecule has 0 spiro atoms. The van der Waals surface area contributed by atoms with E-state index >= 15 is 0 Å². The molecular weight excluding hydrogens is 218 g/mol. The summed E-state index contributed by atoms with van der Waals surface area (Å²) in [5.74, 6) is 0.566.